The van der Waals surface area contributed by atoms with E-state index >= 15 is 0 Å². The number of methoxy groups -OCH3 is 2. The van der Waals surface area contributed by atoms with Gasteiger partial charge in [0.1, 0.15) is 18.7 Å². The first-order chi connectivity index (χ1) is 22.6. The number of hydrogen-bond acceptors (Lipinski definition) is 6. The number of benzene rings is 1. The summed E-state index contributed by atoms with van der Waals surface area (Å²) in [6.07, 6.45) is 3.31. The molecule has 0 aromatic heterocycles. The van der Waals surface area contributed by atoms with Crippen LogP contribution in [0.25, 0.3) is 0 Å². The second-order valence-corrected chi connectivity index (χ2v) is 16.3. The van der Waals surface area contributed by atoms with Crippen molar-refractivity contribution in [2.24, 2.45) is 52.3 Å². The quantitative estimate of drug-likeness (QED) is 0.163. The summed E-state index contributed by atoms with van der Waals surface area (Å²) in [4.78, 5) is 26.0. The van der Waals surface area contributed by atoms with E-state index in [1.54, 1.807) is 13.2 Å². The van der Waals surface area contributed by atoms with E-state index in [0.29, 0.717) is 60.6 Å². The van der Waals surface area contributed by atoms with Crippen LogP contribution in [-0.4, -0.2) is 51.1 Å². The van der Waals surface area contributed by atoms with Crippen LogP contribution < -0.4 is 0 Å². The summed E-state index contributed by atoms with van der Waals surface area (Å²) in [5, 5.41) is 0. The van der Waals surface area contributed by atoms with Crippen molar-refractivity contribution < 1.29 is 41.7 Å². The monoisotopic (exact) mass is 678 g/mol. The van der Waals surface area contributed by atoms with E-state index in [-0.39, 0.29) is 35.2 Å². The van der Waals surface area contributed by atoms with Gasteiger partial charge in [0.25, 0.3) is 5.60 Å². The maximum absolute atomic E-state index is 14.6. The SMILES string of the molecule is COCO[C@@H]1C[C@H]2CC(=O)CC[C@]2(C)[C@H]2CC[C@]3(C)[C@@H]([C@H](C)CC[C@@H](OC(=O)[C@@](OC)(c4ccccc4)C(F)(F)F)C(C)C)CC[C@H]3[C@H]12. The summed E-state index contributed by atoms with van der Waals surface area (Å²) >= 11 is 0. The van der Waals surface area contributed by atoms with Gasteiger partial charge in [0.15, 0.2) is 0 Å². The van der Waals surface area contributed by atoms with Crippen LogP contribution in [0.15, 0.2) is 30.3 Å². The van der Waals surface area contributed by atoms with Crippen molar-refractivity contribution in [1.29, 1.82) is 0 Å². The molecular formula is C39H57F3O6. The Kier molecular flexibility index (Phi) is 11.1. The molecule has 4 aliphatic rings. The lowest BCUT2D eigenvalue weighted by molar-refractivity contribution is -0.279. The minimum atomic E-state index is -5.00. The van der Waals surface area contributed by atoms with E-state index in [9.17, 15) is 22.8 Å². The molecule has 0 spiro atoms. The number of carbonyl (C=O) groups is 2. The Labute approximate surface area is 285 Å². The van der Waals surface area contributed by atoms with E-state index in [1.807, 2.05) is 13.8 Å². The Hall–Kier alpha value is -1.97. The van der Waals surface area contributed by atoms with Crippen molar-refractivity contribution in [2.45, 2.75) is 123 Å². The molecule has 1 aromatic carbocycles. The zero-order valence-electron chi connectivity index (χ0n) is 29.9. The zero-order chi connectivity index (χ0) is 35.1. The summed E-state index contributed by atoms with van der Waals surface area (Å²) in [5.41, 5.74) is -3.22. The average molecular weight is 679 g/mol. The largest absolute Gasteiger partial charge is 0.459 e. The highest BCUT2D eigenvalue weighted by Gasteiger charge is 2.65. The van der Waals surface area contributed by atoms with Crippen LogP contribution >= 0.6 is 0 Å². The average Bonchev–Trinajstić information content (AvgIpc) is 3.39. The van der Waals surface area contributed by atoms with Crippen LogP contribution in [0.2, 0.25) is 0 Å². The molecule has 0 saturated heterocycles. The number of Topliss-reactive ketones (excluding diaryl/α,β-unsaturated/α-hetero) is 1. The summed E-state index contributed by atoms with van der Waals surface area (Å²) in [5.74, 6) is 1.34. The predicted octanol–water partition coefficient (Wildman–Crippen LogP) is 8.90. The van der Waals surface area contributed by atoms with Crippen LogP contribution in [0.1, 0.15) is 104 Å². The Morgan fingerprint density at radius 1 is 0.958 bits per heavy atom. The number of carbonyl (C=O) groups excluding carboxylic acids is 2. The minimum Gasteiger partial charge on any atom is -0.459 e. The molecule has 4 saturated carbocycles. The van der Waals surface area contributed by atoms with Crippen molar-refractivity contribution in [2.75, 3.05) is 21.0 Å². The zero-order valence-corrected chi connectivity index (χ0v) is 29.9. The van der Waals surface area contributed by atoms with Gasteiger partial charge in [-0.05, 0) is 104 Å². The van der Waals surface area contributed by atoms with Gasteiger partial charge < -0.3 is 18.9 Å². The first kappa shape index (κ1) is 37.3. The van der Waals surface area contributed by atoms with Crippen molar-refractivity contribution in [3.63, 3.8) is 0 Å². The molecule has 0 unspecified atom stereocenters. The molecule has 5 rings (SSSR count). The van der Waals surface area contributed by atoms with Crippen molar-refractivity contribution in [3.05, 3.63) is 35.9 Å². The third-order valence-electron chi connectivity index (χ3n) is 13.7. The summed E-state index contributed by atoms with van der Waals surface area (Å²) < 4.78 is 66.3. The summed E-state index contributed by atoms with van der Waals surface area (Å²) in [6, 6.07) is 7.02. The molecular weight excluding hydrogens is 621 g/mol. The number of halogens is 3. The number of ketones is 1. The second kappa shape index (κ2) is 14.3. The van der Waals surface area contributed by atoms with E-state index in [1.165, 1.54) is 24.3 Å². The molecule has 1 aromatic rings. The van der Waals surface area contributed by atoms with Gasteiger partial charge in [-0.2, -0.15) is 13.2 Å². The molecule has 4 aliphatic carbocycles. The molecule has 270 valence electrons. The number of rotatable bonds is 12. The van der Waals surface area contributed by atoms with Gasteiger partial charge in [-0.15, -0.1) is 0 Å². The fourth-order valence-electron chi connectivity index (χ4n) is 11.1. The standard InChI is InChI=1S/C39H57F3O6/c1-24(2)32(48-35(44)38(46-7,39(40,41)42)26-11-9-8-10-12-26)16-13-25(3)29-14-15-30-34-31(18-20-37(29,30)5)36(4)19-17-28(43)21-27(36)22-33(34)47-23-45-6/h8-12,24-25,27,29-34H,13-23H2,1-7H3/t25-,27-,29-,30+,31+,32-,33-,34+,36+,37-,38+/m1/s1. The van der Waals surface area contributed by atoms with Gasteiger partial charge in [0, 0.05) is 32.6 Å². The predicted molar refractivity (Wildman–Crippen MR) is 177 cm³/mol. The number of hydrogen-bond donors (Lipinski definition) is 0. The van der Waals surface area contributed by atoms with Gasteiger partial charge in [0.2, 0.25) is 0 Å². The first-order valence-corrected chi connectivity index (χ1v) is 18.1. The highest BCUT2D eigenvalue weighted by molar-refractivity contribution is 5.83. The van der Waals surface area contributed by atoms with Crippen molar-refractivity contribution in [3.8, 4) is 0 Å². The lowest BCUT2D eigenvalue weighted by Crippen LogP contribution is -2.59. The summed E-state index contributed by atoms with van der Waals surface area (Å²) in [6.45, 7) is 11.2. The van der Waals surface area contributed by atoms with Crippen molar-refractivity contribution >= 4 is 11.8 Å². The fourth-order valence-corrected chi connectivity index (χ4v) is 11.1. The second-order valence-electron chi connectivity index (χ2n) is 16.3. The number of fused-ring (bicyclic) bond motifs is 5. The van der Waals surface area contributed by atoms with Gasteiger partial charge in [-0.1, -0.05) is 65.0 Å². The van der Waals surface area contributed by atoms with Crippen LogP contribution in [0.4, 0.5) is 13.2 Å². The Balaban J connectivity index is 1.31. The normalized spacial score (nSPS) is 36.0. The van der Waals surface area contributed by atoms with Crippen molar-refractivity contribution in [1.82, 2.24) is 0 Å². The van der Waals surface area contributed by atoms with E-state index in [0.717, 1.165) is 52.1 Å². The van der Waals surface area contributed by atoms with Gasteiger partial charge >= 0.3 is 12.1 Å². The van der Waals surface area contributed by atoms with Crippen LogP contribution in [0.5, 0.6) is 0 Å². The lowest BCUT2D eigenvalue weighted by atomic mass is 9.43. The third-order valence-corrected chi connectivity index (χ3v) is 13.7. The Bertz CT molecular complexity index is 1270. The molecule has 0 aliphatic heterocycles. The fraction of sp³-hybridized carbons (Fsp3) is 0.795. The van der Waals surface area contributed by atoms with E-state index < -0.39 is 23.9 Å². The number of ether oxygens (including phenoxy) is 4. The molecule has 9 heteroatoms. The lowest BCUT2D eigenvalue weighted by Gasteiger charge is -2.62. The van der Waals surface area contributed by atoms with Gasteiger partial charge in [0.05, 0.1) is 6.10 Å². The molecule has 0 heterocycles. The Morgan fingerprint density at radius 2 is 1.65 bits per heavy atom. The molecule has 6 nitrogen and oxygen atoms in total. The third kappa shape index (κ3) is 6.50. The molecule has 48 heavy (non-hydrogen) atoms. The molecule has 4 fully saturated rings. The first-order valence-electron chi connectivity index (χ1n) is 18.1. The number of esters is 1. The minimum absolute atomic E-state index is 0.0710. The highest BCUT2D eigenvalue weighted by Crippen LogP contribution is 2.68. The topological polar surface area (TPSA) is 71.1 Å². The number of alkyl halides is 3. The molecule has 0 bridgehead atoms. The Morgan fingerprint density at radius 3 is 2.27 bits per heavy atom. The maximum atomic E-state index is 14.6. The molecule has 0 N–H and O–H groups in total. The van der Waals surface area contributed by atoms with E-state index in [4.69, 9.17) is 18.9 Å². The summed E-state index contributed by atoms with van der Waals surface area (Å²) in [7, 11) is 2.57. The van der Waals surface area contributed by atoms with Crippen LogP contribution in [-0.2, 0) is 34.1 Å². The maximum Gasteiger partial charge on any atom is 0.432 e. The van der Waals surface area contributed by atoms with Crippen LogP contribution in [0.3, 0.4) is 0 Å². The smallest absolute Gasteiger partial charge is 0.432 e. The molecule has 0 radical (unpaired) electrons. The highest BCUT2D eigenvalue weighted by atomic mass is 19.4. The van der Waals surface area contributed by atoms with Gasteiger partial charge in [-0.25, -0.2) is 4.79 Å². The van der Waals surface area contributed by atoms with E-state index in [2.05, 4.69) is 20.8 Å². The van der Waals surface area contributed by atoms with Gasteiger partial charge in [-0.3, -0.25) is 4.79 Å². The van der Waals surface area contributed by atoms with Crippen LogP contribution in [0, 0.1) is 52.3 Å². The molecule has 0 amide bonds. The molecule has 11 atom stereocenters.